The maximum Gasteiger partial charge on any atom is 0.184 e. The maximum absolute atomic E-state index is 11.8. The number of hydrogen-bond acceptors (Lipinski definition) is 6. The van der Waals surface area contributed by atoms with Gasteiger partial charge in [0.05, 0.1) is 10.6 Å². The lowest BCUT2D eigenvalue weighted by Gasteiger charge is -1.96. The molecule has 0 bridgehead atoms. The molecule has 0 aliphatic carbocycles. The molecule has 2 aromatic rings. The van der Waals surface area contributed by atoms with Crippen LogP contribution in [0, 0.1) is 6.92 Å². The third-order valence-corrected chi connectivity index (χ3v) is 5.51. The molecular formula is C9H7BrN2OS3. The van der Waals surface area contributed by atoms with Crippen molar-refractivity contribution in [3.63, 3.8) is 0 Å². The van der Waals surface area contributed by atoms with Crippen molar-refractivity contribution in [2.24, 2.45) is 0 Å². The first kappa shape index (κ1) is 12.2. The zero-order valence-electron chi connectivity index (χ0n) is 8.27. The van der Waals surface area contributed by atoms with Gasteiger partial charge in [0, 0.05) is 4.47 Å². The van der Waals surface area contributed by atoms with Gasteiger partial charge in [-0.25, -0.2) is 4.98 Å². The topological polar surface area (TPSA) is 42.9 Å². The fourth-order valence-electron chi connectivity index (χ4n) is 1.02. The predicted molar refractivity (Wildman–Crippen MR) is 71.7 cm³/mol. The number of halogens is 1. The van der Waals surface area contributed by atoms with Crippen molar-refractivity contribution in [3.8, 4) is 0 Å². The van der Waals surface area contributed by atoms with Crippen LogP contribution in [0.25, 0.3) is 0 Å². The van der Waals surface area contributed by atoms with Crippen LogP contribution in [0.4, 0.5) is 0 Å². The number of carbonyl (C=O) groups excluding carboxylic acids is 1. The van der Waals surface area contributed by atoms with Gasteiger partial charge in [-0.3, -0.25) is 4.79 Å². The van der Waals surface area contributed by atoms with E-state index in [-0.39, 0.29) is 5.78 Å². The molecule has 0 fully saturated rings. The third kappa shape index (κ3) is 2.91. The number of nitrogens with zero attached hydrogens (tertiary/aromatic N) is 2. The van der Waals surface area contributed by atoms with Crippen molar-refractivity contribution in [3.05, 3.63) is 26.6 Å². The molecule has 0 aliphatic rings. The van der Waals surface area contributed by atoms with Gasteiger partial charge in [-0.2, -0.15) is 4.37 Å². The number of aryl methyl sites for hydroxylation is 1. The van der Waals surface area contributed by atoms with E-state index >= 15 is 0 Å². The van der Waals surface area contributed by atoms with E-state index in [1.54, 1.807) is 0 Å². The third-order valence-electron chi connectivity index (χ3n) is 1.71. The van der Waals surface area contributed by atoms with E-state index in [0.717, 1.165) is 19.5 Å². The summed E-state index contributed by atoms with van der Waals surface area (Å²) in [7, 11) is 0. The highest BCUT2D eigenvalue weighted by molar-refractivity contribution is 9.10. The summed E-state index contributed by atoms with van der Waals surface area (Å²) in [4.78, 5) is 16.8. The Bertz CT molecular complexity index is 508. The highest BCUT2D eigenvalue weighted by Gasteiger charge is 2.13. The van der Waals surface area contributed by atoms with Gasteiger partial charge in [0.25, 0.3) is 0 Å². The Morgan fingerprint density at radius 1 is 1.62 bits per heavy atom. The van der Waals surface area contributed by atoms with E-state index in [1.807, 2.05) is 18.4 Å². The van der Waals surface area contributed by atoms with E-state index in [0.29, 0.717) is 5.75 Å². The van der Waals surface area contributed by atoms with Crippen LogP contribution in [0.1, 0.15) is 15.5 Å². The quantitative estimate of drug-likeness (QED) is 0.632. The normalized spacial score (nSPS) is 10.6. The highest BCUT2D eigenvalue weighted by Crippen LogP contribution is 2.26. The molecule has 0 unspecified atom stereocenters. The largest absolute Gasteiger partial charge is 0.292 e. The van der Waals surface area contributed by atoms with Crippen LogP contribution in [0.5, 0.6) is 0 Å². The van der Waals surface area contributed by atoms with Gasteiger partial charge in [-0.15, -0.1) is 11.3 Å². The molecule has 0 spiro atoms. The van der Waals surface area contributed by atoms with Gasteiger partial charge in [-0.05, 0) is 45.8 Å². The summed E-state index contributed by atoms with van der Waals surface area (Å²) in [5.74, 6) is 1.30. The first-order valence-electron chi connectivity index (χ1n) is 4.36. The number of carbonyl (C=O) groups is 1. The first-order valence-corrected chi connectivity index (χ1v) is 7.79. The number of Topliss-reactive ketones (excluding diaryl/α,β-unsaturated/α-hetero) is 1. The highest BCUT2D eigenvalue weighted by atomic mass is 79.9. The van der Waals surface area contributed by atoms with E-state index in [2.05, 4.69) is 25.3 Å². The monoisotopic (exact) mass is 334 g/mol. The molecule has 0 radical (unpaired) electrons. The van der Waals surface area contributed by atoms with Crippen LogP contribution in [-0.4, -0.2) is 20.9 Å². The summed E-state index contributed by atoms with van der Waals surface area (Å²) in [6, 6.07) is 1.89. The minimum absolute atomic E-state index is 0.125. The number of hydrogen-bond donors (Lipinski definition) is 0. The Morgan fingerprint density at radius 2 is 2.44 bits per heavy atom. The second-order valence-electron chi connectivity index (χ2n) is 2.92. The average Bonchev–Trinajstić information content (AvgIpc) is 2.84. The number of thiophene rings is 1. The van der Waals surface area contributed by atoms with Crippen molar-refractivity contribution in [1.29, 1.82) is 0 Å². The number of aromatic nitrogens is 2. The zero-order chi connectivity index (χ0) is 11.5. The van der Waals surface area contributed by atoms with Crippen LogP contribution in [-0.2, 0) is 0 Å². The Morgan fingerprint density at radius 3 is 3.00 bits per heavy atom. The molecule has 3 nitrogen and oxygen atoms in total. The van der Waals surface area contributed by atoms with Gasteiger partial charge in [0.2, 0.25) is 0 Å². The summed E-state index contributed by atoms with van der Waals surface area (Å²) in [5, 5.41) is 1.90. The molecule has 0 saturated carbocycles. The van der Waals surface area contributed by atoms with Gasteiger partial charge in [0.15, 0.2) is 10.1 Å². The van der Waals surface area contributed by atoms with Gasteiger partial charge >= 0.3 is 0 Å². The molecule has 0 saturated heterocycles. The number of rotatable bonds is 4. The van der Waals surface area contributed by atoms with Crippen LogP contribution in [0.3, 0.4) is 0 Å². The first-order chi connectivity index (χ1) is 7.66. The number of ketones is 1. The van der Waals surface area contributed by atoms with E-state index < -0.39 is 0 Å². The Kier molecular flexibility index (Phi) is 4.12. The van der Waals surface area contributed by atoms with Crippen LogP contribution in [0.2, 0.25) is 0 Å². The fraction of sp³-hybridized carbons (Fsp3) is 0.222. The maximum atomic E-state index is 11.8. The molecule has 7 heteroatoms. The lowest BCUT2D eigenvalue weighted by Crippen LogP contribution is -1.99. The molecule has 0 atom stereocenters. The minimum atomic E-state index is 0.125. The van der Waals surface area contributed by atoms with E-state index in [4.69, 9.17) is 0 Å². The SMILES string of the molecule is Cc1nsc(SCC(=O)c2sccc2Br)n1. The van der Waals surface area contributed by atoms with Gasteiger partial charge in [-0.1, -0.05) is 11.8 Å². The molecule has 2 rings (SSSR count). The summed E-state index contributed by atoms with van der Waals surface area (Å²) in [5.41, 5.74) is 0. The van der Waals surface area contributed by atoms with Gasteiger partial charge < -0.3 is 0 Å². The van der Waals surface area contributed by atoms with Crippen molar-refractivity contribution in [1.82, 2.24) is 9.36 Å². The minimum Gasteiger partial charge on any atom is -0.292 e. The summed E-state index contributed by atoms with van der Waals surface area (Å²) >= 11 is 7.58. The van der Waals surface area contributed by atoms with Gasteiger partial charge in [0.1, 0.15) is 5.82 Å². The molecular weight excluding hydrogens is 328 g/mol. The van der Waals surface area contributed by atoms with Crippen LogP contribution in [0.15, 0.2) is 20.3 Å². The molecule has 2 heterocycles. The Hall–Kier alpha value is -0.240. The second-order valence-corrected chi connectivity index (χ2v) is 6.66. The smallest absolute Gasteiger partial charge is 0.184 e. The Labute approximate surface area is 114 Å². The predicted octanol–water partition coefficient (Wildman–Crippen LogP) is 3.65. The van der Waals surface area contributed by atoms with Crippen LogP contribution >= 0.6 is 50.6 Å². The molecule has 0 amide bonds. The summed E-state index contributed by atoms with van der Waals surface area (Å²) in [6.45, 7) is 1.85. The van der Waals surface area contributed by atoms with E-state index in [1.165, 1.54) is 34.6 Å². The average molecular weight is 335 g/mol. The lowest BCUT2D eigenvalue weighted by atomic mass is 10.3. The standard InChI is InChI=1S/C9H7BrN2OS3/c1-5-11-9(16-12-5)15-4-7(13)8-6(10)2-3-14-8/h2-3H,4H2,1H3. The van der Waals surface area contributed by atoms with Crippen molar-refractivity contribution in [2.45, 2.75) is 11.3 Å². The lowest BCUT2D eigenvalue weighted by molar-refractivity contribution is 0.102. The Balaban J connectivity index is 1.96. The zero-order valence-corrected chi connectivity index (χ0v) is 12.3. The second kappa shape index (κ2) is 5.39. The molecule has 84 valence electrons. The molecule has 2 aromatic heterocycles. The van der Waals surface area contributed by atoms with Crippen molar-refractivity contribution in [2.75, 3.05) is 5.75 Å². The fourth-order valence-corrected chi connectivity index (χ4v) is 4.17. The molecule has 0 N–H and O–H groups in total. The summed E-state index contributed by atoms with van der Waals surface area (Å²) in [6.07, 6.45) is 0. The van der Waals surface area contributed by atoms with E-state index in [9.17, 15) is 4.79 Å². The molecule has 0 aromatic carbocycles. The summed E-state index contributed by atoms with van der Waals surface area (Å²) < 4.78 is 5.78. The van der Waals surface area contributed by atoms with Crippen LogP contribution < -0.4 is 0 Å². The molecule has 0 aliphatic heterocycles. The molecule has 16 heavy (non-hydrogen) atoms. The number of thioether (sulfide) groups is 1. The van der Waals surface area contributed by atoms with Crippen molar-refractivity contribution >= 4 is 56.3 Å². The van der Waals surface area contributed by atoms with Crippen molar-refractivity contribution < 1.29 is 4.79 Å².